The molecule has 1 saturated heterocycles. The lowest BCUT2D eigenvalue weighted by atomic mass is 9.44. The third kappa shape index (κ3) is 3.64. The molecule has 6 unspecified atom stereocenters. The molecule has 6 atom stereocenters. The monoisotopic (exact) mass is 437 g/mol. The van der Waals surface area contributed by atoms with Gasteiger partial charge in [0.05, 0.1) is 6.10 Å². The summed E-state index contributed by atoms with van der Waals surface area (Å²) in [4.78, 5) is 2.63. The summed E-state index contributed by atoms with van der Waals surface area (Å²) in [6.45, 7) is 10.7. The Balaban J connectivity index is 1.39. The minimum Gasteiger partial charge on any atom is -0.508 e. The highest BCUT2D eigenvalue weighted by atomic mass is 16.3. The number of unbranched alkanes of at least 4 members (excludes halogenated alkanes) is 2. The van der Waals surface area contributed by atoms with Crippen molar-refractivity contribution in [2.75, 3.05) is 19.6 Å². The first-order valence-electron chi connectivity index (χ1n) is 13.3. The zero-order valence-electron chi connectivity index (χ0n) is 20.1. The van der Waals surface area contributed by atoms with Crippen LogP contribution in [0, 0.1) is 22.7 Å². The molecule has 3 nitrogen and oxygen atoms in total. The van der Waals surface area contributed by atoms with Crippen molar-refractivity contribution in [1.82, 2.24) is 4.90 Å². The van der Waals surface area contributed by atoms with E-state index in [-0.39, 0.29) is 16.9 Å². The molecule has 176 valence electrons. The number of phenolic OH excluding ortho intramolecular Hbond substituents is 1. The van der Waals surface area contributed by atoms with Crippen molar-refractivity contribution >= 4 is 0 Å². The fraction of sp³-hybridized carbons (Fsp3) is 0.724. The maximum atomic E-state index is 11.1. The fourth-order valence-electron chi connectivity index (χ4n) is 8.62. The molecule has 3 fully saturated rings. The smallest absolute Gasteiger partial charge is 0.115 e. The predicted molar refractivity (Wildman–Crippen MR) is 131 cm³/mol. The van der Waals surface area contributed by atoms with Crippen LogP contribution >= 0.6 is 0 Å². The van der Waals surface area contributed by atoms with E-state index in [2.05, 4.69) is 30.5 Å². The third-order valence-corrected chi connectivity index (χ3v) is 10.1. The summed E-state index contributed by atoms with van der Waals surface area (Å²) in [7, 11) is 0. The maximum Gasteiger partial charge on any atom is 0.115 e. The Hall–Kier alpha value is -1.32. The van der Waals surface area contributed by atoms with Crippen LogP contribution in [0.4, 0.5) is 0 Å². The van der Waals surface area contributed by atoms with Gasteiger partial charge in [-0.1, -0.05) is 31.9 Å². The molecular formula is C29H43NO2. The van der Waals surface area contributed by atoms with Gasteiger partial charge in [0.1, 0.15) is 5.75 Å². The Kier molecular flexibility index (Phi) is 6.18. The maximum absolute atomic E-state index is 11.1. The number of benzene rings is 1. The van der Waals surface area contributed by atoms with Gasteiger partial charge in [0.2, 0.25) is 0 Å². The number of phenols is 1. The second-order valence-electron chi connectivity index (χ2n) is 11.7. The van der Waals surface area contributed by atoms with Crippen molar-refractivity contribution in [3.8, 4) is 5.75 Å². The van der Waals surface area contributed by atoms with E-state index in [0.29, 0.717) is 23.5 Å². The van der Waals surface area contributed by atoms with E-state index in [9.17, 15) is 10.2 Å². The Morgan fingerprint density at radius 1 is 1.16 bits per heavy atom. The Bertz CT molecular complexity index is 830. The molecule has 2 saturated carbocycles. The summed E-state index contributed by atoms with van der Waals surface area (Å²) < 4.78 is 0. The van der Waals surface area contributed by atoms with Gasteiger partial charge in [-0.3, -0.25) is 0 Å². The normalized spacial score (nSPS) is 38.8. The first-order valence-corrected chi connectivity index (χ1v) is 13.3. The van der Waals surface area contributed by atoms with Gasteiger partial charge in [-0.05, 0) is 129 Å². The largest absolute Gasteiger partial charge is 0.508 e. The van der Waals surface area contributed by atoms with Gasteiger partial charge >= 0.3 is 0 Å². The van der Waals surface area contributed by atoms with E-state index in [1.54, 1.807) is 0 Å². The van der Waals surface area contributed by atoms with Crippen LogP contribution in [0.5, 0.6) is 5.75 Å². The van der Waals surface area contributed by atoms with Gasteiger partial charge in [-0.2, -0.15) is 0 Å². The lowest BCUT2D eigenvalue weighted by Crippen LogP contribution is -2.54. The number of aliphatic hydroxyl groups excluding tert-OH is 1. The molecule has 3 heteroatoms. The van der Waals surface area contributed by atoms with Gasteiger partial charge in [-0.15, -0.1) is 6.58 Å². The van der Waals surface area contributed by atoms with E-state index < -0.39 is 0 Å². The molecule has 0 aromatic heterocycles. The second kappa shape index (κ2) is 8.80. The highest BCUT2D eigenvalue weighted by Gasteiger charge is 2.63. The number of aromatic hydroxyl groups is 1. The van der Waals surface area contributed by atoms with Crippen LogP contribution < -0.4 is 0 Å². The fourth-order valence-corrected chi connectivity index (χ4v) is 8.62. The molecule has 5 rings (SSSR count). The SMILES string of the molecule is C=CC12CCc3cc(O)ccc3C1C(CCCCCN1CCCC1)CC1(C)C(O)CCC12. The average molecular weight is 438 g/mol. The minimum absolute atomic E-state index is 0.0132. The second-order valence-corrected chi connectivity index (χ2v) is 11.7. The standard InChI is InChI=1S/C29H43NO2/c1-3-29-15-14-21-19-23(31)10-11-24(21)27(29)22(20-28(2)25(29)12-13-26(28)32)9-5-4-6-16-30-17-7-8-18-30/h3,10-11,19,22,25-27,31-32H,1,4-9,12-18,20H2,2H3. The lowest BCUT2D eigenvalue weighted by molar-refractivity contribution is -0.0812. The van der Waals surface area contributed by atoms with Crippen molar-refractivity contribution < 1.29 is 10.2 Å². The van der Waals surface area contributed by atoms with E-state index >= 15 is 0 Å². The van der Waals surface area contributed by atoms with Crippen molar-refractivity contribution in [3.05, 3.63) is 42.0 Å². The van der Waals surface area contributed by atoms with Gasteiger partial charge in [0.15, 0.2) is 0 Å². The molecule has 0 radical (unpaired) electrons. The van der Waals surface area contributed by atoms with Gasteiger partial charge in [-0.25, -0.2) is 0 Å². The van der Waals surface area contributed by atoms with Crippen LogP contribution in [0.1, 0.15) is 88.2 Å². The number of aryl methyl sites for hydroxylation is 1. The summed E-state index contributed by atoms with van der Waals surface area (Å²) in [6, 6.07) is 6.11. The summed E-state index contributed by atoms with van der Waals surface area (Å²) in [5, 5.41) is 21.2. The van der Waals surface area contributed by atoms with Crippen LogP contribution in [0.2, 0.25) is 0 Å². The van der Waals surface area contributed by atoms with Crippen LogP contribution in [-0.2, 0) is 6.42 Å². The molecule has 1 aromatic carbocycles. The van der Waals surface area contributed by atoms with E-state index in [0.717, 1.165) is 32.1 Å². The van der Waals surface area contributed by atoms with Crippen molar-refractivity contribution in [3.63, 3.8) is 0 Å². The van der Waals surface area contributed by atoms with Crippen LogP contribution in [0.15, 0.2) is 30.9 Å². The van der Waals surface area contributed by atoms with E-state index in [4.69, 9.17) is 0 Å². The number of fused-ring (bicyclic) bond motifs is 5. The number of allylic oxidation sites excluding steroid dienone is 1. The Labute approximate surface area is 194 Å². The number of rotatable bonds is 7. The number of nitrogens with zero attached hydrogens (tertiary/aromatic N) is 1. The zero-order valence-corrected chi connectivity index (χ0v) is 20.1. The van der Waals surface area contributed by atoms with Crippen LogP contribution in [0.25, 0.3) is 0 Å². The van der Waals surface area contributed by atoms with Crippen LogP contribution in [0.3, 0.4) is 0 Å². The van der Waals surface area contributed by atoms with E-state index in [1.165, 1.54) is 69.3 Å². The molecule has 1 aliphatic heterocycles. The molecule has 1 heterocycles. The first kappa shape index (κ1) is 22.5. The average Bonchev–Trinajstić information content (AvgIpc) is 3.41. The Morgan fingerprint density at radius 3 is 2.75 bits per heavy atom. The number of hydrogen-bond donors (Lipinski definition) is 2. The molecule has 0 bridgehead atoms. The molecule has 2 N–H and O–H groups in total. The van der Waals surface area contributed by atoms with Crippen molar-refractivity contribution in [2.45, 2.75) is 89.6 Å². The van der Waals surface area contributed by atoms with Gasteiger partial charge in [0.25, 0.3) is 0 Å². The Morgan fingerprint density at radius 2 is 1.97 bits per heavy atom. The molecular weight excluding hydrogens is 394 g/mol. The third-order valence-electron chi connectivity index (χ3n) is 10.1. The molecule has 1 aromatic rings. The minimum atomic E-state index is -0.177. The summed E-state index contributed by atoms with van der Waals surface area (Å²) in [6.07, 6.45) is 15.3. The molecule has 0 spiro atoms. The van der Waals surface area contributed by atoms with E-state index in [1.807, 2.05) is 12.1 Å². The topological polar surface area (TPSA) is 43.7 Å². The molecule has 4 aliphatic rings. The predicted octanol–water partition coefficient (Wildman–Crippen LogP) is 6.05. The van der Waals surface area contributed by atoms with Crippen molar-refractivity contribution in [2.24, 2.45) is 22.7 Å². The lowest BCUT2D eigenvalue weighted by Gasteiger charge is -2.60. The quantitative estimate of drug-likeness (QED) is 0.403. The molecule has 32 heavy (non-hydrogen) atoms. The van der Waals surface area contributed by atoms with Crippen LogP contribution in [-0.4, -0.2) is 40.9 Å². The zero-order chi connectivity index (χ0) is 22.3. The summed E-state index contributed by atoms with van der Waals surface area (Å²) >= 11 is 0. The summed E-state index contributed by atoms with van der Waals surface area (Å²) in [5.41, 5.74) is 2.89. The number of hydrogen-bond acceptors (Lipinski definition) is 3. The number of likely N-dealkylation sites (tertiary alicyclic amines) is 1. The molecule has 0 amide bonds. The number of aliphatic hydroxyl groups is 1. The highest BCUT2D eigenvalue weighted by molar-refractivity contribution is 5.43. The van der Waals surface area contributed by atoms with Gasteiger partial charge < -0.3 is 15.1 Å². The highest BCUT2D eigenvalue weighted by Crippen LogP contribution is 2.69. The van der Waals surface area contributed by atoms with Crippen molar-refractivity contribution in [1.29, 1.82) is 0 Å². The van der Waals surface area contributed by atoms with Gasteiger partial charge in [0, 0.05) is 0 Å². The molecule has 3 aliphatic carbocycles. The summed E-state index contributed by atoms with van der Waals surface area (Å²) in [5.74, 6) is 1.97. The first-order chi connectivity index (χ1) is 15.5.